The number of rotatable bonds is 9. The number of aromatic nitrogens is 3. The van der Waals surface area contributed by atoms with Gasteiger partial charge in [-0.3, -0.25) is 9.59 Å². The predicted octanol–water partition coefficient (Wildman–Crippen LogP) is -0.600. The summed E-state index contributed by atoms with van der Waals surface area (Å²) >= 11 is 1.48. The van der Waals surface area contributed by atoms with Gasteiger partial charge in [0.1, 0.15) is 28.5 Å². The maximum absolute atomic E-state index is 13.0. The summed E-state index contributed by atoms with van der Waals surface area (Å²) in [4.78, 5) is 30.7. The number of nitrogens with two attached hydrogens (primary N) is 1. The number of ether oxygens (including phenoxy) is 1. The lowest BCUT2D eigenvalue weighted by atomic mass is 9.49. The van der Waals surface area contributed by atoms with E-state index in [0.29, 0.717) is 23.7 Å². The molecule has 0 bridgehead atoms. The largest absolute Gasteiger partial charge is 0.494 e. The maximum Gasteiger partial charge on any atom is 0.272 e. The second-order valence-electron chi connectivity index (χ2n) is 9.31. The van der Waals surface area contributed by atoms with Crippen LogP contribution in [0.5, 0.6) is 5.75 Å². The number of benzene rings is 1. The maximum atomic E-state index is 13.0. The number of anilines is 3. The van der Waals surface area contributed by atoms with Gasteiger partial charge in [0, 0.05) is 29.6 Å². The van der Waals surface area contributed by atoms with Gasteiger partial charge in [-0.05, 0) is 30.2 Å². The number of nitrogens with one attached hydrogen (secondary N) is 3. The first-order valence-corrected chi connectivity index (χ1v) is 12.1. The minimum Gasteiger partial charge on any atom is -0.494 e. The molecule has 1 aliphatic carbocycles. The van der Waals surface area contributed by atoms with Gasteiger partial charge in [0.25, 0.3) is 5.91 Å². The summed E-state index contributed by atoms with van der Waals surface area (Å²) < 4.78 is 5.73. The zero-order chi connectivity index (χ0) is 25.2. The van der Waals surface area contributed by atoms with E-state index in [4.69, 9.17) is 10.5 Å². The standard InChI is InChI=1S/C21H26B3N7O3S/c1-34-17-12(20-26-9-11(8-25)35-20)3-2-4-13(17)27-14-7-15(28-18(32)10-5-6-10)30-31-16(14)19(33)29-21(22,23)24/h2-4,7,9-10H,5-6,8,22-25H2,1H3,(H,29,33)(H2,27,28,30,32). The molecule has 10 nitrogen and oxygen atoms in total. The third-order valence-electron chi connectivity index (χ3n) is 5.17. The highest BCUT2D eigenvalue weighted by Gasteiger charge is 2.30. The van der Waals surface area contributed by atoms with Crippen molar-refractivity contribution in [3.8, 4) is 16.3 Å². The topological polar surface area (TPSA) is 144 Å². The Labute approximate surface area is 210 Å². The number of hydrogen-bond donors (Lipinski definition) is 4. The lowest BCUT2D eigenvalue weighted by Gasteiger charge is -2.22. The van der Waals surface area contributed by atoms with Gasteiger partial charge in [-0.1, -0.05) is 6.07 Å². The van der Waals surface area contributed by atoms with E-state index in [1.165, 1.54) is 11.3 Å². The Balaban J connectivity index is 1.72. The van der Waals surface area contributed by atoms with Crippen LogP contribution >= 0.6 is 11.3 Å². The molecule has 1 fully saturated rings. The van der Waals surface area contributed by atoms with E-state index in [0.717, 1.165) is 28.3 Å². The van der Waals surface area contributed by atoms with Crippen LogP contribution in [0.25, 0.3) is 10.6 Å². The van der Waals surface area contributed by atoms with Crippen molar-refractivity contribution in [1.29, 1.82) is 0 Å². The van der Waals surface area contributed by atoms with Gasteiger partial charge in [0.2, 0.25) is 5.91 Å². The first-order chi connectivity index (χ1) is 16.7. The number of nitrogens with zero attached hydrogens (tertiary/aromatic N) is 3. The summed E-state index contributed by atoms with van der Waals surface area (Å²) in [5, 5.41) is 17.4. The van der Waals surface area contributed by atoms with Crippen molar-refractivity contribution < 1.29 is 14.3 Å². The van der Waals surface area contributed by atoms with Crippen molar-refractivity contribution in [3.63, 3.8) is 0 Å². The fraction of sp³-hybridized carbons (Fsp3) is 0.286. The molecule has 2 heterocycles. The average molecular weight is 489 g/mol. The van der Waals surface area contributed by atoms with Gasteiger partial charge in [0.15, 0.2) is 17.3 Å². The molecule has 3 aromatic rings. The second-order valence-corrected chi connectivity index (χ2v) is 10.4. The molecule has 5 N–H and O–H groups in total. The first kappa shape index (κ1) is 24.7. The number of carbonyl (C=O) groups excluding carboxylic acids is 2. The number of methoxy groups -OCH3 is 1. The molecule has 0 unspecified atom stereocenters. The highest BCUT2D eigenvalue weighted by Crippen LogP contribution is 2.40. The predicted molar refractivity (Wildman–Crippen MR) is 144 cm³/mol. The summed E-state index contributed by atoms with van der Waals surface area (Å²) in [6, 6.07) is 7.20. The van der Waals surface area contributed by atoms with Crippen LogP contribution in [0.1, 0.15) is 28.2 Å². The molecule has 14 heteroatoms. The Morgan fingerprint density at radius 2 is 2.00 bits per heavy atom. The summed E-state index contributed by atoms with van der Waals surface area (Å²) in [5.41, 5.74) is 7.61. The third-order valence-corrected chi connectivity index (χ3v) is 6.22. The fourth-order valence-electron chi connectivity index (χ4n) is 3.38. The van der Waals surface area contributed by atoms with Crippen LogP contribution < -0.4 is 26.4 Å². The molecular formula is C21H26B3N7O3S. The van der Waals surface area contributed by atoms with Crippen molar-refractivity contribution in [2.75, 3.05) is 17.7 Å². The van der Waals surface area contributed by atoms with Gasteiger partial charge >= 0.3 is 0 Å². The van der Waals surface area contributed by atoms with Crippen molar-refractivity contribution in [2.24, 2.45) is 11.7 Å². The van der Waals surface area contributed by atoms with Crippen LogP contribution in [0, 0.1) is 5.92 Å². The van der Waals surface area contributed by atoms with Crippen LogP contribution in [0.15, 0.2) is 30.5 Å². The van der Waals surface area contributed by atoms with Crippen LogP contribution in [0.4, 0.5) is 17.2 Å². The molecule has 0 saturated heterocycles. The molecule has 1 saturated carbocycles. The van der Waals surface area contributed by atoms with Gasteiger partial charge in [-0.15, -0.1) is 21.5 Å². The molecule has 2 amide bonds. The van der Waals surface area contributed by atoms with Gasteiger partial charge in [-0.2, -0.15) is 0 Å². The Kier molecular flexibility index (Phi) is 7.13. The highest BCUT2D eigenvalue weighted by molar-refractivity contribution is 7.15. The van der Waals surface area contributed by atoms with E-state index in [1.54, 1.807) is 19.4 Å². The van der Waals surface area contributed by atoms with Gasteiger partial charge in [0.05, 0.1) is 24.0 Å². The van der Waals surface area contributed by atoms with Gasteiger partial charge < -0.3 is 26.4 Å². The molecule has 0 atom stereocenters. The van der Waals surface area contributed by atoms with Crippen molar-refractivity contribution >= 4 is 63.9 Å². The van der Waals surface area contributed by atoms with Crippen LogP contribution in [0.3, 0.4) is 0 Å². The van der Waals surface area contributed by atoms with E-state index < -0.39 is 11.1 Å². The minimum atomic E-state index is -0.474. The molecular weight excluding hydrogens is 463 g/mol. The quantitative estimate of drug-likeness (QED) is 0.292. The van der Waals surface area contributed by atoms with Crippen LogP contribution in [0.2, 0.25) is 0 Å². The van der Waals surface area contributed by atoms with Crippen LogP contribution in [-0.4, -0.2) is 62.9 Å². The SMILES string of the molecule is BC(B)(B)NC(=O)c1nnc(NC(=O)C2CC2)cc1Nc1cccc(-c2ncc(CN)s2)c1OC. The summed E-state index contributed by atoms with van der Waals surface area (Å²) in [6.45, 7) is 0.405. The number of hydrogen-bond acceptors (Lipinski definition) is 9. The first-order valence-electron chi connectivity index (χ1n) is 11.3. The Morgan fingerprint density at radius 3 is 2.63 bits per heavy atom. The number of thiazole rings is 1. The van der Waals surface area contributed by atoms with Crippen molar-refractivity contribution in [2.45, 2.75) is 24.6 Å². The molecule has 0 radical (unpaired) electrons. The fourth-order valence-corrected chi connectivity index (χ4v) is 4.20. The number of para-hydroxylation sites is 1. The van der Waals surface area contributed by atoms with Crippen LogP contribution in [-0.2, 0) is 11.3 Å². The smallest absolute Gasteiger partial charge is 0.272 e. The Morgan fingerprint density at radius 1 is 1.23 bits per heavy atom. The summed E-state index contributed by atoms with van der Waals surface area (Å²) in [6.07, 6.45) is 3.47. The Hall–Kier alpha value is -3.38. The van der Waals surface area contributed by atoms with Gasteiger partial charge in [-0.25, -0.2) is 4.98 Å². The van der Waals surface area contributed by atoms with E-state index in [1.807, 2.05) is 41.7 Å². The zero-order valence-electron chi connectivity index (χ0n) is 20.1. The molecule has 1 aliphatic rings. The monoisotopic (exact) mass is 489 g/mol. The molecule has 0 aliphatic heterocycles. The Bertz CT molecular complexity index is 1260. The summed E-state index contributed by atoms with van der Waals surface area (Å²) in [5.74, 6) is 0.323. The van der Waals surface area contributed by atoms with E-state index in [2.05, 4.69) is 31.1 Å². The van der Waals surface area contributed by atoms with Crippen molar-refractivity contribution in [3.05, 3.63) is 41.0 Å². The van der Waals surface area contributed by atoms with Crippen molar-refractivity contribution in [1.82, 2.24) is 20.5 Å². The number of amides is 2. The number of carbonyl (C=O) groups is 2. The molecule has 0 spiro atoms. The lowest BCUT2D eigenvalue weighted by Crippen LogP contribution is -2.50. The zero-order valence-corrected chi connectivity index (χ0v) is 21.0. The normalized spacial score (nSPS) is 13.2. The van der Waals surface area contributed by atoms with E-state index in [9.17, 15) is 9.59 Å². The second kappa shape index (κ2) is 10.1. The molecule has 1 aromatic carbocycles. The minimum absolute atomic E-state index is 0.00515. The molecule has 4 rings (SSSR count). The molecule has 178 valence electrons. The average Bonchev–Trinajstić information content (AvgIpc) is 3.55. The van der Waals surface area contributed by atoms with E-state index in [-0.39, 0.29) is 23.3 Å². The summed E-state index contributed by atoms with van der Waals surface area (Å²) in [7, 11) is 7.21. The third kappa shape index (κ3) is 6.01. The van der Waals surface area contributed by atoms with E-state index >= 15 is 0 Å². The molecule has 2 aromatic heterocycles. The highest BCUT2D eigenvalue weighted by atomic mass is 32.1. The lowest BCUT2D eigenvalue weighted by molar-refractivity contribution is -0.117. The molecule has 35 heavy (non-hydrogen) atoms.